The molecule has 8 heteroatoms. The topological polar surface area (TPSA) is 71.5 Å². The number of aliphatic hydroxyl groups excluding tert-OH is 1. The lowest BCUT2D eigenvalue weighted by molar-refractivity contribution is 0.0240. The molecule has 150 valence electrons. The second-order valence-electron chi connectivity index (χ2n) is 7.83. The Bertz CT molecular complexity index is 671. The smallest absolute Gasteiger partial charge is 0.410 e. The lowest BCUT2D eigenvalue weighted by atomic mass is 10.2. The number of rotatable bonds is 3. The first kappa shape index (κ1) is 19.7. The molecule has 0 aliphatic carbocycles. The summed E-state index contributed by atoms with van der Waals surface area (Å²) in [4.78, 5) is 15.7. The summed E-state index contributed by atoms with van der Waals surface area (Å²) >= 11 is 0. The third kappa shape index (κ3) is 5.01. The van der Waals surface area contributed by atoms with Crippen LogP contribution >= 0.6 is 0 Å². The van der Waals surface area contributed by atoms with E-state index < -0.39 is 23.6 Å². The number of benzene rings is 1. The highest BCUT2D eigenvalue weighted by Gasteiger charge is 2.29. The minimum atomic E-state index is -0.700. The van der Waals surface area contributed by atoms with Crippen molar-refractivity contribution >= 4 is 11.8 Å². The van der Waals surface area contributed by atoms with Gasteiger partial charge in [-0.15, -0.1) is 0 Å². The van der Waals surface area contributed by atoms with Gasteiger partial charge < -0.3 is 29.1 Å². The van der Waals surface area contributed by atoms with Crippen LogP contribution in [-0.2, 0) is 9.47 Å². The van der Waals surface area contributed by atoms with Crippen molar-refractivity contribution in [3.05, 3.63) is 24.0 Å². The molecule has 7 nitrogen and oxygen atoms in total. The Balaban J connectivity index is 1.57. The number of carbonyl (C=O) groups excluding carboxylic acids is 1. The van der Waals surface area contributed by atoms with E-state index in [9.17, 15) is 14.3 Å². The van der Waals surface area contributed by atoms with Crippen molar-refractivity contribution in [2.45, 2.75) is 38.6 Å². The first-order chi connectivity index (χ1) is 12.7. The van der Waals surface area contributed by atoms with E-state index in [4.69, 9.17) is 14.2 Å². The molecule has 0 radical (unpaired) electrons. The van der Waals surface area contributed by atoms with Crippen molar-refractivity contribution in [3.63, 3.8) is 0 Å². The van der Waals surface area contributed by atoms with E-state index in [1.165, 1.54) is 6.07 Å². The first-order valence-electron chi connectivity index (χ1n) is 9.18. The summed E-state index contributed by atoms with van der Waals surface area (Å²) < 4.78 is 30.7. The average molecular weight is 382 g/mol. The predicted molar refractivity (Wildman–Crippen MR) is 97.7 cm³/mol. The number of ether oxygens (including phenoxy) is 3. The fraction of sp³-hybridized carbons (Fsp3) is 0.632. The SMILES string of the molecule is CC(C)(C)OC(=O)N1CCN(c2ccc(OC3COCC3O)cc2F)CC1. The third-order valence-electron chi connectivity index (χ3n) is 4.48. The van der Waals surface area contributed by atoms with E-state index in [2.05, 4.69) is 0 Å². The summed E-state index contributed by atoms with van der Waals surface area (Å²) in [7, 11) is 0. The number of piperazine rings is 1. The standard InChI is InChI=1S/C19H27FN2O5/c1-19(2,3)27-18(24)22-8-6-21(7-9-22)15-5-4-13(10-14(15)20)26-17-12-25-11-16(17)23/h4-5,10,16-17,23H,6-9,11-12H2,1-3H3. The van der Waals surface area contributed by atoms with Gasteiger partial charge in [-0.25, -0.2) is 9.18 Å². The maximum Gasteiger partial charge on any atom is 0.410 e. The zero-order valence-electron chi connectivity index (χ0n) is 16.0. The van der Waals surface area contributed by atoms with Crippen molar-refractivity contribution < 1.29 is 28.5 Å². The zero-order chi connectivity index (χ0) is 19.6. The number of hydrogen-bond acceptors (Lipinski definition) is 6. The minimum Gasteiger partial charge on any atom is -0.485 e. The second kappa shape index (κ2) is 7.90. The molecule has 2 saturated heterocycles. The molecule has 27 heavy (non-hydrogen) atoms. The lowest BCUT2D eigenvalue weighted by Gasteiger charge is -2.36. The number of amides is 1. The minimum absolute atomic E-state index is 0.229. The highest BCUT2D eigenvalue weighted by Crippen LogP contribution is 2.27. The molecule has 1 N–H and O–H groups in total. The Kier molecular flexibility index (Phi) is 5.76. The summed E-state index contributed by atoms with van der Waals surface area (Å²) in [6.45, 7) is 7.99. The van der Waals surface area contributed by atoms with Crippen molar-refractivity contribution in [1.29, 1.82) is 0 Å². The number of hydrogen-bond donors (Lipinski definition) is 1. The fourth-order valence-electron chi connectivity index (χ4n) is 3.08. The Labute approximate surface area is 158 Å². The summed E-state index contributed by atoms with van der Waals surface area (Å²) in [5.41, 5.74) is -0.0666. The molecular formula is C19H27FN2O5. The molecule has 2 unspecified atom stereocenters. The molecule has 0 aromatic heterocycles. The molecule has 3 rings (SSSR count). The first-order valence-corrected chi connectivity index (χ1v) is 9.18. The average Bonchev–Trinajstić information content (AvgIpc) is 2.98. The van der Waals surface area contributed by atoms with Gasteiger partial charge in [-0.05, 0) is 32.9 Å². The quantitative estimate of drug-likeness (QED) is 0.863. The van der Waals surface area contributed by atoms with Crippen LogP contribution in [0.1, 0.15) is 20.8 Å². The number of aliphatic hydroxyl groups is 1. The Hall–Kier alpha value is -2.06. The number of halogens is 1. The molecule has 2 aliphatic heterocycles. The van der Waals surface area contributed by atoms with Crippen molar-refractivity contribution in [1.82, 2.24) is 4.90 Å². The van der Waals surface area contributed by atoms with Crippen LogP contribution < -0.4 is 9.64 Å². The van der Waals surface area contributed by atoms with Gasteiger partial charge in [0, 0.05) is 32.2 Å². The molecular weight excluding hydrogens is 355 g/mol. The highest BCUT2D eigenvalue weighted by molar-refractivity contribution is 5.68. The summed E-state index contributed by atoms with van der Waals surface area (Å²) in [6.07, 6.45) is -1.52. The maximum absolute atomic E-state index is 14.6. The molecule has 0 spiro atoms. The molecule has 2 heterocycles. The molecule has 1 aromatic rings. The monoisotopic (exact) mass is 382 g/mol. The van der Waals surface area contributed by atoms with E-state index in [0.717, 1.165) is 0 Å². The number of nitrogens with zero attached hydrogens (tertiary/aromatic N) is 2. The second-order valence-corrected chi connectivity index (χ2v) is 7.83. The predicted octanol–water partition coefficient (Wildman–Crippen LogP) is 2.02. The van der Waals surface area contributed by atoms with Crippen LogP contribution in [0.15, 0.2) is 18.2 Å². The molecule has 1 amide bonds. The normalized spacial score (nSPS) is 23.4. The van der Waals surface area contributed by atoms with Crippen molar-refractivity contribution in [2.24, 2.45) is 0 Å². The van der Waals surface area contributed by atoms with E-state index in [0.29, 0.717) is 37.6 Å². The molecule has 0 saturated carbocycles. The summed E-state index contributed by atoms with van der Waals surface area (Å²) in [5.74, 6) is -0.0372. The highest BCUT2D eigenvalue weighted by atomic mass is 19.1. The van der Waals surface area contributed by atoms with E-state index in [1.54, 1.807) is 17.0 Å². The molecule has 2 fully saturated rings. The van der Waals surface area contributed by atoms with Gasteiger partial charge in [-0.2, -0.15) is 0 Å². The molecule has 0 bridgehead atoms. The third-order valence-corrected chi connectivity index (χ3v) is 4.48. The van der Waals surface area contributed by atoms with Crippen LogP contribution in [0.25, 0.3) is 0 Å². The Morgan fingerprint density at radius 3 is 2.48 bits per heavy atom. The Morgan fingerprint density at radius 1 is 1.22 bits per heavy atom. The molecule has 2 atom stereocenters. The molecule has 2 aliphatic rings. The fourth-order valence-corrected chi connectivity index (χ4v) is 3.08. The molecule has 1 aromatic carbocycles. The van der Waals surface area contributed by atoms with Gasteiger partial charge in [0.15, 0.2) is 0 Å². The Morgan fingerprint density at radius 2 is 1.93 bits per heavy atom. The van der Waals surface area contributed by atoms with Gasteiger partial charge in [0.05, 0.1) is 18.9 Å². The van der Waals surface area contributed by atoms with Crippen LogP contribution in [0.3, 0.4) is 0 Å². The maximum atomic E-state index is 14.6. The van der Waals surface area contributed by atoms with Crippen molar-refractivity contribution in [3.8, 4) is 5.75 Å². The van der Waals surface area contributed by atoms with Crippen LogP contribution in [0, 0.1) is 5.82 Å². The van der Waals surface area contributed by atoms with E-state index in [1.807, 2.05) is 25.7 Å². The zero-order valence-corrected chi connectivity index (χ0v) is 16.0. The number of carbonyl (C=O) groups is 1. The lowest BCUT2D eigenvalue weighted by Crippen LogP contribution is -2.50. The van der Waals surface area contributed by atoms with Crippen molar-refractivity contribution in [2.75, 3.05) is 44.3 Å². The van der Waals surface area contributed by atoms with Crippen LogP contribution in [0.2, 0.25) is 0 Å². The van der Waals surface area contributed by atoms with E-state index >= 15 is 0 Å². The van der Waals surface area contributed by atoms with Gasteiger partial charge >= 0.3 is 6.09 Å². The summed E-state index contributed by atoms with van der Waals surface area (Å²) in [5, 5.41) is 9.72. The van der Waals surface area contributed by atoms with E-state index in [-0.39, 0.29) is 19.3 Å². The number of anilines is 1. The van der Waals surface area contributed by atoms with Crippen LogP contribution in [0.4, 0.5) is 14.9 Å². The van der Waals surface area contributed by atoms with Gasteiger partial charge in [0.1, 0.15) is 29.4 Å². The van der Waals surface area contributed by atoms with Crippen LogP contribution in [0.5, 0.6) is 5.75 Å². The largest absolute Gasteiger partial charge is 0.485 e. The summed E-state index contributed by atoms with van der Waals surface area (Å²) in [6, 6.07) is 4.67. The van der Waals surface area contributed by atoms with Crippen LogP contribution in [-0.4, -0.2) is 73.3 Å². The van der Waals surface area contributed by atoms with Gasteiger partial charge in [-0.3, -0.25) is 0 Å². The van der Waals surface area contributed by atoms with Gasteiger partial charge in [0.25, 0.3) is 0 Å². The van der Waals surface area contributed by atoms with Gasteiger partial charge in [0.2, 0.25) is 0 Å². The van der Waals surface area contributed by atoms with Gasteiger partial charge in [-0.1, -0.05) is 0 Å².